The molecule has 0 spiro atoms. The van der Waals surface area contributed by atoms with Crippen LogP contribution in [0, 0.1) is 6.92 Å². The Hall–Kier alpha value is -1.58. The van der Waals surface area contributed by atoms with Crippen LogP contribution in [0.4, 0.5) is 0 Å². The van der Waals surface area contributed by atoms with E-state index in [4.69, 9.17) is 0 Å². The Balaban J connectivity index is 3.57. The van der Waals surface area contributed by atoms with E-state index in [-0.39, 0.29) is 5.56 Å². The average molecular weight is 152 g/mol. The maximum atomic E-state index is 10.9. The molecule has 0 aliphatic rings. The highest BCUT2D eigenvalue weighted by atomic mass is 16.2. The first-order chi connectivity index (χ1) is 5.15. The number of aromatic amines is 1. The topological polar surface area (TPSA) is 54.9 Å². The van der Waals surface area contributed by atoms with Crippen molar-refractivity contribution in [3.8, 4) is 0 Å². The lowest BCUT2D eigenvalue weighted by molar-refractivity contribution is 0.919. The van der Waals surface area contributed by atoms with Crippen molar-refractivity contribution in [3.05, 3.63) is 39.2 Å². The molecule has 58 valence electrons. The average Bonchev–Trinajstić information content (AvgIpc) is 1.97. The van der Waals surface area contributed by atoms with Gasteiger partial charge in [-0.3, -0.25) is 14.3 Å². The SMILES string of the molecule is C=Cn1cc(C)c(=O)[nH]c1=O. The van der Waals surface area contributed by atoms with Crippen LogP contribution in [-0.2, 0) is 0 Å². The lowest BCUT2D eigenvalue weighted by Gasteiger charge is -1.96. The lowest BCUT2D eigenvalue weighted by atomic mass is 10.4. The third-order valence-corrected chi connectivity index (χ3v) is 1.34. The number of H-pyrrole nitrogens is 1. The maximum absolute atomic E-state index is 10.9. The van der Waals surface area contributed by atoms with Gasteiger partial charge in [0.05, 0.1) is 0 Å². The van der Waals surface area contributed by atoms with Gasteiger partial charge in [-0.2, -0.15) is 0 Å². The minimum atomic E-state index is -0.462. The third kappa shape index (κ3) is 1.29. The predicted octanol–water partition coefficient (Wildman–Crippen LogP) is -0.0545. The molecule has 0 saturated carbocycles. The molecule has 0 aromatic carbocycles. The van der Waals surface area contributed by atoms with Crippen molar-refractivity contribution >= 4 is 6.20 Å². The van der Waals surface area contributed by atoms with Gasteiger partial charge in [-0.05, 0) is 6.92 Å². The van der Waals surface area contributed by atoms with E-state index >= 15 is 0 Å². The van der Waals surface area contributed by atoms with Gasteiger partial charge in [-0.25, -0.2) is 4.79 Å². The van der Waals surface area contributed by atoms with E-state index in [1.165, 1.54) is 17.0 Å². The van der Waals surface area contributed by atoms with Crippen LogP contribution in [0.15, 0.2) is 22.4 Å². The molecule has 0 unspecified atom stereocenters. The molecule has 4 nitrogen and oxygen atoms in total. The molecular weight excluding hydrogens is 144 g/mol. The van der Waals surface area contributed by atoms with Crippen molar-refractivity contribution in [1.82, 2.24) is 9.55 Å². The van der Waals surface area contributed by atoms with Crippen molar-refractivity contribution in [2.24, 2.45) is 0 Å². The van der Waals surface area contributed by atoms with Crippen LogP contribution in [0.25, 0.3) is 6.20 Å². The summed E-state index contributed by atoms with van der Waals surface area (Å²) in [5.41, 5.74) is -0.326. The number of hydrogen-bond acceptors (Lipinski definition) is 2. The van der Waals surface area contributed by atoms with Crippen LogP contribution in [0.3, 0.4) is 0 Å². The van der Waals surface area contributed by atoms with Crippen molar-refractivity contribution in [2.45, 2.75) is 6.92 Å². The summed E-state index contributed by atoms with van der Waals surface area (Å²) >= 11 is 0. The Morgan fingerprint density at radius 1 is 1.64 bits per heavy atom. The highest BCUT2D eigenvalue weighted by Crippen LogP contribution is 1.82. The second kappa shape index (κ2) is 2.57. The van der Waals surface area contributed by atoms with Crippen molar-refractivity contribution in [2.75, 3.05) is 0 Å². The standard InChI is InChI=1S/C7H8N2O2/c1-3-9-4-5(2)6(10)8-7(9)11/h3-4H,1H2,2H3,(H,8,10,11). The third-order valence-electron chi connectivity index (χ3n) is 1.34. The maximum Gasteiger partial charge on any atom is 0.332 e. The Bertz CT molecular complexity index is 386. The van der Waals surface area contributed by atoms with Crippen molar-refractivity contribution in [1.29, 1.82) is 0 Å². The first-order valence-corrected chi connectivity index (χ1v) is 3.10. The van der Waals surface area contributed by atoms with Crippen LogP contribution < -0.4 is 11.2 Å². The van der Waals surface area contributed by atoms with E-state index in [2.05, 4.69) is 11.6 Å². The number of aromatic nitrogens is 2. The summed E-state index contributed by atoms with van der Waals surface area (Å²) < 4.78 is 1.22. The Morgan fingerprint density at radius 3 is 2.82 bits per heavy atom. The molecular formula is C7H8N2O2. The van der Waals surface area contributed by atoms with Gasteiger partial charge in [0.15, 0.2) is 0 Å². The van der Waals surface area contributed by atoms with Crippen LogP contribution in [0.1, 0.15) is 5.56 Å². The summed E-state index contributed by atoms with van der Waals surface area (Å²) in [6.45, 7) is 5.03. The predicted molar refractivity (Wildman–Crippen MR) is 42.4 cm³/mol. The fraction of sp³-hybridized carbons (Fsp3) is 0.143. The van der Waals surface area contributed by atoms with Crippen LogP contribution in [-0.4, -0.2) is 9.55 Å². The molecule has 11 heavy (non-hydrogen) atoms. The van der Waals surface area contributed by atoms with E-state index in [1.54, 1.807) is 6.92 Å². The molecule has 1 rings (SSSR count). The fourth-order valence-corrected chi connectivity index (χ4v) is 0.722. The molecule has 1 aromatic rings. The molecule has 0 aliphatic heterocycles. The molecule has 0 amide bonds. The number of nitrogens with zero attached hydrogens (tertiary/aromatic N) is 1. The summed E-state index contributed by atoms with van der Waals surface area (Å²) in [5.74, 6) is 0. The first-order valence-electron chi connectivity index (χ1n) is 3.10. The van der Waals surface area contributed by atoms with Crippen molar-refractivity contribution < 1.29 is 0 Å². The molecule has 1 N–H and O–H groups in total. The summed E-state index contributed by atoms with van der Waals surface area (Å²) in [4.78, 5) is 23.8. The number of rotatable bonds is 1. The van der Waals surface area contributed by atoms with Gasteiger partial charge in [0.2, 0.25) is 0 Å². The van der Waals surface area contributed by atoms with Gasteiger partial charge in [-0.15, -0.1) is 0 Å². The van der Waals surface area contributed by atoms with E-state index < -0.39 is 5.69 Å². The fourth-order valence-electron chi connectivity index (χ4n) is 0.722. The second-order valence-electron chi connectivity index (χ2n) is 2.16. The van der Waals surface area contributed by atoms with Crippen LogP contribution >= 0.6 is 0 Å². The Kier molecular flexibility index (Phi) is 1.76. The Labute approximate surface area is 62.8 Å². The lowest BCUT2D eigenvalue weighted by Crippen LogP contribution is -2.28. The van der Waals surface area contributed by atoms with E-state index in [9.17, 15) is 9.59 Å². The molecule has 0 aliphatic carbocycles. The highest BCUT2D eigenvalue weighted by Gasteiger charge is 1.95. The monoisotopic (exact) mass is 152 g/mol. The zero-order valence-electron chi connectivity index (χ0n) is 6.13. The zero-order valence-corrected chi connectivity index (χ0v) is 6.13. The van der Waals surface area contributed by atoms with Gasteiger partial charge in [-0.1, -0.05) is 6.58 Å². The summed E-state index contributed by atoms with van der Waals surface area (Å²) in [6.07, 6.45) is 2.78. The number of hydrogen-bond donors (Lipinski definition) is 1. The zero-order chi connectivity index (χ0) is 8.43. The summed E-state index contributed by atoms with van der Waals surface area (Å²) in [6, 6.07) is 0. The molecule has 0 bridgehead atoms. The minimum absolute atomic E-state index is 0.354. The number of aryl methyl sites for hydroxylation is 1. The molecule has 0 atom stereocenters. The number of nitrogens with one attached hydrogen (secondary N) is 1. The van der Waals surface area contributed by atoms with E-state index in [1.807, 2.05) is 0 Å². The molecule has 0 fully saturated rings. The molecule has 0 radical (unpaired) electrons. The van der Waals surface area contributed by atoms with Gasteiger partial charge >= 0.3 is 5.69 Å². The van der Waals surface area contributed by atoms with E-state index in [0.717, 1.165) is 0 Å². The minimum Gasteiger partial charge on any atom is -0.276 e. The van der Waals surface area contributed by atoms with Gasteiger partial charge in [0, 0.05) is 18.0 Å². The van der Waals surface area contributed by atoms with Crippen LogP contribution in [0.5, 0.6) is 0 Å². The highest BCUT2D eigenvalue weighted by molar-refractivity contribution is 5.17. The first kappa shape index (κ1) is 7.53. The molecule has 4 heteroatoms. The smallest absolute Gasteiger partial charge is 0.276 e. The van der Waals surface area contributed by atoms with E-state index in [0.29, 0.717) is 5.56 Å². The van der Waals surface area contributed by atoms with Crippen LogP contribution in [0.2, 0.25) is 0 Å². The van der Waals surface area contributed by atoms with Crippen molar-refractivity contribution in [3.63, 3.8) is 0 Å². The normalized spacial score (nSPS) is 9.55. The molecule has 1 aromatic heterocycles. The van der Waals surface area contributed by atoms with Gasteiger partial charge in [0.1, 0.15) is 0 Å². The Morgan fingerprint density at radius 2 is 2.27 bits per heavy atom. The summed E-state index contributed by atoms with van der Waals surface area (Å²) in [7, 11) is 0. The molecule has 0 saturated heterocycles. The molecule has 1 heterocycles. The van der Waals surface area contributed by atoms with Gasteiger partial charge in [0.25, 0.3) is 5.56 Å². The summed E-state index contributed by atoms with van der Waals surface area (Å²) in [5, 5.41) is 0. The second-order valence-corrected chi connectivity index (χ2v) is 2.16. The quantitative estimate of drug-likeness (QED) is 0.613. The van der Waals surface area contributed by atoms with Gasteiger partial charge < -0.3 is 0 Å². The largest absolute Gasteiger partial charge is 0.332 e.